The Morgan fingerprint density at radius 1 is 1.04 bits per heavy atom. The summed E-state index contributed by atoms with van der Waals surface area (Å²) >= 11 is 0. The molecular weight excluding hydrogens is 321 g/mol. The first-order chi connectivity index (χ1) is 12.1. The molecule has 3 aromatic rings. The second-order valence-electron chi connectivity index (χ2n) is 6.31. The lowest BCUT2D eigenvalue weighted by Gasteiger charge is -2.28. The first kappa shape index (κ1) is 15.6. The van der Waals surface area contributed by atoms with Crippen molar-refractivity contribution in [1.29, 1.82) is 0 Å². The van der Waals surface area contributed by atoms with Crippen molar-refractivity contribution in [2.75, 3.05) is 18.0 Å². The second-order valence-corrected chi connectivity index (χ2v) is 6.31. The van der Waals surface area contributed by atoms with E-state index in [0.29, 0.717) is 16.9 Å². The highest BCUT2D eigenvalue weighted by Gasteiger charge is 2.13. The van der Waals surface area contributed by atoms with E-state index in [4.69, 9.17) is 0 Å². The van der Waals surface area contributed by atoms with Gasteiger partial charge in [0.25, 0.3) is 5.56 Å². The quantitative estimate of drug-likeness (QED) is 0.779. The van der Waals surface area contributed by atoms with Crippen molar-refractivity contribution in [2.45, 2.75) is 19.3 Å². The average Bonchev–Trinajstić information content (AvgIpc) is 2.64. The van der Waals surface area contributed by atoms with Crippen LogP contribution in [0.5, 0.6) is 5.75 Å². The first-order valence-electron chi connectivity index (χ1n) is 8.39. The molecule has 0 bridgehead atoms. The molecule has 1 saturated heterocycles. The summed E-state index contributed by atoms with van der Waals surface area (Å²) in [5, 5.41) is 9.31. The minimum atomic E-state index is -0.736. The van der Waals surface area contributed by atoms with Crippen LogP contribution in [0.4, 0.5) is 10.1 Å². The zero-order chi connectivity index (χ0) is 17.4. The first-order valence-corrected chi connectivity index (χ1v) is 8.39. The molecule has 0 amide bonds. The van der Waals surface area contributed by atoms with E-state index in [-0.39, 0.29) is 5.56 Å². The van der Waals surface area contributed by atoms with Crippen molar-refractivity contribution in [3.8, 4) is 17.0 Å². The van der Waals surface area contributed by atoms with Crippen molar-refractivity contribution in [3.05, 3.63) is 58.8 Å². The predicted molar refractivity (Wildman–Crippen MR) is 94.6 cm³/mol. The number of phenols is 1. The van der Waals surface area contributed by atoms with Crippen LogP contribution in [0.3, 0.4) is 0 Å². The number of piperidine rings is 1. The molecule has 0 radical (unpaired) electrons. The Balaban J connectivity index is 1.77. The zero-order valence-electron chi connectivity index (χ0n) is 13.7. The van der Waals surface area contributed by atoms with E-state index in [2.05, 4.69) is 9.88 Å². The maximum atomic E-state index is 13.6. The third kappa shape index (κ3) is 2.95. The molecular formula is C19H18FN3O2. The molecule has 3 heterocycles. The highest BCUT2D eigenvalue weighted by Crippen LogP contribution is 2.24. The van der Waals surface area contributed by atoms with E-state index in [1.54, 1.807) is 6.07 Å². The van der Waals surface area contributed by atoms with Gasteiger partial charge >= 0.3 is 0 Å². The number of pyridine rings is 1. The number of aromatic nitrogens is 2. The molecule has 0 unspecified atom stereocenters. The Labute approximate surface area is 144 Å². The van der Waals surface area contributed by atoms with Gasteiger partial charge in [0.15, 0.2) is 11.6 Å². The summed E-state index contributed by atoms with van der Waals surface area (Å²) in [6.07, 6.45) is 5.39. The fourth-order valence-electron chi connectivity index (χ4n) is 3.24. The van der Waals surface area contributed by atoms with Gasteiger partial charge in [-0.15, -0.1) is 0 Å². The Hall–Kier alpha value is -2.89. The van der Waals surface area contributed by atoms with Crippen molar-refractivity contribution in [1.82, 2.24) is 9.38 Å². The van der Waals surface area contributed by atoms with Crippen molar-refractivity contribution >= 4 is 11.3 Å². The number of fused-ring (bicyclic) bond motifs is 1. The highest BCUT2D eigenvalue weighted by molar-refractivity contribution is 5.63. The van der Waals surface area contributed by atoms with Crippen LogP contribution in [-0.2, 0) is 0 Å². The standard InChI is InChI=1S/C19H18FN3O2/c20-15-10-13(4-6-17(15)24)16-11-19(25)23-12-14(5-7-18(23)21-16)22-8-2-1-3-9-22/h4-7,10-12,24H,1-3,8-9H2. The highest BCUT2D eigenvalue weighted by atomic mass is 19.1. The van der Waals surface area contributed by atoms with Gasteiger partial charge in [0.05, 0.1) is 11.4 Å². The van der Waals surface area contributed by atoms with Gasteiger partial charge in [0.1, 0.15) is 5.65 Å². The van der Waals surface area contributed by atoms with E-state index >= 15 is 0 Å². The van der Waals surface area contributed by atoms with Gasteiger partial charge in [0.2, 0.25) is 0 Å². The van der Waals surface area contributed by atoms with E-state index in [1.165, 1.54) is 29.0 Å². The molecule has 0 aliphatic carbocycles. The largest absolute Gasteiger partial charge is 0.505 e. The molecule has 6 heteroatoms. The molecule has 2 aromatic heterocycles. The zero-order valence-corrected chi connectivity index (χ0v) is 13.7. The smallest absolute Gasteiger partial charge is 0.258 e. The minimum absolute atomic E-state index is 0.215. The van der Waals surface area contributed by atoms with Crippen LogP contribution < -0.4 is 10.5 Å². The van der Waals surface area contributed by atoms with Crippen molar-refractivity contribution < 1.29 is 9.50 Å². The van der Waals surface area contributed by atoms with E-state index in [1.807, 2.05) is 18.3 Å². The third-order valence-electron chi connectivity index (χ3n) is 4.61. The number of phenolic OH excluding ortho intramolecular Hbond substituents is 1. The molecule has 4 rings (SSSR count). The maximum absolute atomic E-state index is 13.6. The Kier molecular flexibility index (Phi) is 3.87. The molecule has 0 atom stereocenters. The van der Waals surface area contributed by atoms with Crippen LogP contribution in [-0.4, -0.2) is 27.6 Å². The summed E-state index contributed by atoms with van der Waals surface area (Å²) in [6.45, 7) is 2.00. The number of rotatable bonds is 2. The normalized spacial score (nSPS) is 14.8. The van der Waals surface area contributed by atoms with Crippen LogP contribution >= 0.6 is 0 Å². The summed E-state index contributed by atoms with van der Waals surface area (Å²) in [4.78, 5) is 19.3. The Morgan fingerprint density at radius 2 is 1.84 bits per heavy atom. The number of anilines is 1. The molecule has 1 fully saturated rings. The third-order valence-corrected chi connectivity index (χ3v) is 4.61. The number of nitrogens with zero attached hydrogens (tertiary/aromatic N) is 3. The number of benzene rings is 1. The number of halogens is 1. The summed E-state index contributed by atoms with van der Waals surface area (Å²) < 4.78 is 15.1. The molecule has 1 aliphatic heterocycles. The van der Waals surface area contributed by atoms with Gasteiger partial charge in [-0.1, -0.05) is 0 Å². The van der Waals surface area contributed by atoms with Crippen molar-refractivity contribution in [2.24, 2.45) is 0 Å². The van der Waals surface area contributed by atoms with Crippen LogP contribution in [0.15, 0.2) is 47.4 Å². The predicted octanol–water partition coefficient (Wildman–Crippen LogP) is 3.20. The van der Waals surface area contributed by atoms with E-state index in [9.17, 15) is 14.3 Å². The fourth-order valence-corrected chi connectivity index (χ4v) is 3.24. The maximum Gasteiger partial charge on any atom is 0.258 e. The fraction of sp³-hybridized carbons (Fsp3) is 0.263. The second kappa shape index (κ2) is 6.20. The lowest BCUT2D eigenvalue weighted by atomic mass is 10.1. The number of hydrogen-bond acceptors (Lipinski definition) is 4. The van der Waals surface area contributed by atoms with Crippen LogP contribution in [0.1, 0.15) is 19.3 Å². The Morgan fingerprint density at radius 3 is 2.60 bits per heavy atom. The number of hydrogen-bond donors (Lipinski definition) is 1. The molecule has 128 valence electrons. The molecule has 1 aliphatic rings. The van der Waals surface area contributed by atoms with Gasteiger partial charge < -0.3 is 10.0 Å². The van der Waals surface area contributed by atoms with Gasteiger partial charge in [-0.3, -0.25) is 9.20 Å². The summed E-state index contributed by atoms with van der Waals surface area (Å²) in [7, 11) is 0. The van der Waals surface area contributed by atoms with E-state index < -0.39 is 11.6 Å². The lowest BCUT2D eigenvalue weighted by Crippen LogP contribution is -2.30. The monoisotopic (exact) mass is 339 g/mol. The van der Waals surface area contributed by atoms with Crippen LogP contribution in [0, 0.1) is 5.82 Å². The topological polar surface area (TPSA) is 57.8 Å². The lowest BCUT2D eigenvalue weighted by molar-refractivity contribution is 0.432. The molecule has 1 aromatic carbocycles. The molecule has 1 N–H and O–H groups in total. The molecule has 25 heavy (non-hydrogen) atoms. The Bertz CT molecular complexity index is 994. The van der Waals surface area contributed by atoms with Crippen LogP contribution in [0.25, 0.3) is 16.9 Å². The summed E-state index contributed by atoms with van der Waals surface area (Å²) in [5.74, 6) is -1.16. The summed E-state index contributed by atoms with van der Waals surface area (Å²) in [5.41, 5.74) is 2.15. The number of aromatic hydroxyl groups is 1. The summed E-state index contributed by atoms with van der Waals surface area (Å²) in [6, 6.07) is 9.14. The van der Waals surface area contributed by atoms with Crippen molar-refractivity contribution in [3.63, 3.8) is 0 Å². The van der Waals surface area contributed by atoms with Gasteiger partial charge in [-0.2, -0.15) is 0 Å². The van der Waals surface area contributed by atoms with Gasteiger partial charge in [-0.25, -0.2) is 9.37 Å². The van der Waals surface area contributed by atoms with Crippen LogP contribution in [0.2, 0.25) is 0 Å². The minimum Gasteiger partial charge on any atom is -0.505 e. The van der Waals surface area contributed by atoms with Gasteiger partial charge in [0, 0.05) is 30.9 Å². The SMILES string of the molecule is O=c1cc(-c2ccc(O)c(F)c2)nc2ccc(N3CCCCC3)cn12. The average molecular weight is 339 g/mol. The van der Waals surface area contributed by atoms with Gasteiger partial charge in [-0.05, 0) is 49.6 Å². The molecule has 0 saturated carbocycles. The van der Waals surface area contributed by atoms with E-state index in [0.717, 1.165) is 31.6 Å². The molecule has 0 spiro atoms. The molecule has 5 nitrogen and oxygen atoms in total.